The summed E-state index contributed by atoms with van der Waals surface area (Å²) in [6.07, 6.45) is 1.65. The molecule has 0 radical (unpaired) electrons. The maximum atomic E-state index is 9.57. The van der Waals surface area contributed by atoms with Crippen molar-refractivity contribution in [1.29, 1.82) is 0 Å². The van der Waals surface area contributed by atoms with Crippen molar-refractivity contribution in [1.82, 2.24) is 4.98 Å². The first-order valence-electron chi connectivity index (χ1n) is 6.69. The smallest absolute Gasteiger partial charge is 0.492 e. The molecule has 2 heterocycles. The van der Waals surface area contributed by atoms with E-state index in [1.165, 1.54) is 6.07 Å². The van der Waals surface area contributed by atoms with Crippen LogP contribution >= 0.6 is 11.6 Å². The van der Waals surface area contributed by atoms with Crippen molar-refractivity contribution < 1.29 is 19.5 Å². The van der Waals surface area contributed by atoms with E-state index < -0.39 is 18.3 Å². The number of nitrogens with zero attached hydrogens (tertiary/aromatic N) is 1. The maximum absolute atomic E-state index is 9.57. The van der Waals surface area contributed by atoms with Gasteiger partial charge in [-0.2, -0.15) is 0 Å². The number of rotatable bonds is 3. The Balaban J connectivity index is 2.28. The molecular formula is C14H19BClNO4. The molecule has 2 N–H and O–H groups in total. The maximum Gasteiger partial charge on any atom is 0.492 e. The van der Waals surface area contributed by atoms with Gasteiger partial charge in [0.05, 0.1) is 23.5 Å². The second-order valence-corrected chi connectivity index (χ2v) is 6.37. The average molecular weight is 312 g/mol. The number of aliphatic hydroxyl groups is 1. The van der Waals surface area contributed by atoms with Gasteiger partial charge >= 0.3 is 7.12 Å². The fraction of sp³-hybridized carbons (Fsp3) is 0.500. The van der Waals surface area contributed by atoms with Gasteiger partial charge < -0.3 is 19.5 Å². The molecule has 0 spiro atoms. The van der Waals surface area contributed by atoms with E-state index in [9.17, 15) is 10.2 Å². The summed E-state index contributed by atoms with van der Waals surface area (Å²) in [5.41, 5.74) is 0.0947. The third-order valence-electron chi connectivity index (χ3n) is 3.92. The van der Waals surface area contributed by atoms with Crippen LogP contribution < -0.4 is 0 Å². The van der Waals surface area contributed by atoms with Crippen LogP contribution in [-0.2, 0) is 9.31 Å². The lowest BCUT2D eigenvalue weighted by molar-refractivity contribution is 0.00578. The molecule has 1 aliphatic rings. The number of halogens is 1. The van der Waals surface area contributed by atoms with E-state index in [0.717, 1.165) is 0 Å². The quantitative estimate of drug-likeness (QED) is 0.663. The zero-order valence-electron chi connectivity index (χ0n) is 12.6. The van der Waals surface area contributed by atoms with Crippen molar-refractivity contribution in [3.8, 4) is 5.75 Å². The molecule has 114 valence electrons. The average Bonchev–Trinajstić information content (AvgIpc) is 2.59. The molecule has 0 atom stereocenters. The minimum absolute atomic E-state index is 0.00922. The zero-order valence-corrected chi connectivity index (χ0v) is 13.3. The molecule has 1 aliphatic heterocycles. The van der Waals surface area contributed by atoms with Gasteiger partial charge in [-0.3, -0.25) is 0 Å². The summed E-state index contributed by atoms with van der Waals surface area (Å²) in [5.74, 6) is -0.0880. The first kappa shape index (κ1) is 16.3. The van der Waals surface area contributed by atoms with Crippen LogP contribution in [0.2, 0.25) is 5.15 Å². The molecule has 0 saturated carbocycles. The highest BCUT2D eigenvalue weighted by molar-refractivity contribution is 6.55. The Kier molecular flexibility index (Phi) is 4.35. The van der Waals surface area contributed by atoms with Crippen molar-refractivity contribution in [3.63, 3.8) is 0 Å². The minimum Gasteiger partial charge on any atom is -0.505 e. The fourth-order valence-electron chi connectivity index (χ4n) is 1.89. The van der Waals surface area contributed by atoms with E-state index in [-0.39, 0.29) is 17.5 Å². The SMILES string of the molecule is CC1(C)OB(C(=Cc2ccc(O)c(Cl)n2)CO)OC1(C)C. The predicted octanol–water partition coefficient (Wildman–Crippen LogP) is 2.45. The predicted molar refractivity (Wildman–Crippen MR) is 82.1 cm³/mol. The van der Waals surface area contributed by atoms with Crippen molar-refractivity contribution >= 4 is 24.8 Å². The highest BCUT2D eigenvalue weighted by atomic mass is 35.5. The number of aromatic nitrogens is 1. The Labute approximate surface area is 129 Å². The van der Waals surface area contributed by atoms with E-state index in [2.05, 4.69) is 4.98 Å². The minimum atomic E-state index is -0.644. The van der Waals surface area contributed by atoms with Gasteiger partial charge in [0.15, 0.2) is 10.9 Å². The summed E-state index contributed by atoms with van der Waals surface area (Å²) in [4.78, 5) is 4.02. The van der Waals surface area contributed by atoms with Gasteiger partial charge in [0, 0.05) is 0 Å². The molecule has 1 saturated heterocycles. The van der Waals surface area contributed by atoms with E-state index in [1.54, 1.807) is 12.1 Å². The lowest BCUT2D eigenvalue weighted by Gasteiger charge is -2.32. The number of aromatic hydroxyl groups is 1. The van der Waals surface area contributed by atoms with Crippen LogP contribution in [0.3, 0.4) is 0 Å². The lowest BCUT2D eigenvalue weighted by atomic mass is 9.78. The highest BCUT2D eigenvalue weighted by Crippen LogP contribution is 2.38. The van der Waals surface area contributed by atoms with Crippen LogP contribution in [0.15, 0.2) is 17.6 Å². The van der Waals surface area contributed by atoms with Crippen molar-refractivity contribution in [2.45, 2.75) is 38.9 Å². The Morgan fingerprint density at radius 3 is 2.33 bits per heavy atom. The number of aliphatic hydroxyl groups excluding tert-OH is 1. The fourth-order valence-corrected chi connectivity index (χ4v) is 2.05. The van der Waals surface area contributed by atoms with Gasteiger partial charge in [0.1, 0.15) is 0 Å². The second-order valence-electron chi connectivity index (χ2n) is 6.01. The Morgan fingerprint density at radius 1 is 1.29 bits per heavy atom. The first-order valence-corrected chi connectivity index (χ1v) is 7.06. The first-order chi connectivity index (χ1) is 9.66. The normalized spacial score (nSPS) is 20.9. The zero-order chi connectivity index (χ0) is 15.8. The molecular weight excluding hydrogens is 292 g/mol. The van der Waals surface area contributed by atoms with Crippen molar-refractivity contribution in [2.75, 3.05) is 6.61 Å². The number of hydrogen-bond donors (Lipinski definition) is 2. The second kappa shape index (κ2) is 5.61. The lowest BCUT2D eigenvalue weighted by Crippen LogP contribution is -2.41. The Bertz CT molecular complexity index is 558. The largest absolute Gasteiger partial charge is 0.505 e. The molecule has 0 aliphatic carbocycles. The molecule has 0 aromatic carbocycles. The van der Waals surface area contributed by atoms with Gasteiger partial charge in [-0.15, -0.1) is 0 Å². The Morgan fingerprint density at radius 2 is 1.86 bits per heavy atom. The molecule has 21 heavy (non-hydrogen) atoms. The summed E-state index contributed by atoms with van der Waals surface area (Å²) in [6, 6.07) is 3.04. The third-order valence-corrected chi connectivity index (χ3v) is 4.20. The van der Waals surface area contributed by atoms with Crippen LogP contribution in [-0.4, -0.2) is 40.1 Å². The van der Waals surface area contributed by atoms with Crippen LogP contribution in [0.4, 0.5) is 0 Å². The summed E-state index contributed by atoms with van der Waals surface area (Å²) < 4.78 is 11.8. The molecule has 0 bridgehead atoms. The van der Waals surface area contributed by atoms with Crippen LogP contribution in [0.1, 0.15) is 33.4 Å². The summed E-state index contributed by atoms with van der Waals surface area (Å²) in [6.45, 7) is 7.54. The van der Waals surface area contributed by atoms with Crippen molar-refractivity contribution in [3.05, 3.63) is 28.5 Å². The van der Waals surface area contributed by atoms with Crippen LogP contribution in [0.25, 0.3) is 6.08 Å². The summed E-state index contributed by atoms with van der Waals surface area (Å²) in [7, 11) is -0.644. The molecule has 7 heteroatoms. The van der Waals surface area contributed by atoms with Crippen molar-refractivity contribution in [2.24, 2.45) is 0 Å². The van der Waals surface area contributed by atoms with E-state index in [4.69, 9.17) is 20.9 Å². The molecule has 2 rings (SSSR count). The topological polar surface area (TPSA) is 71.8 Å². The summed E-state index contributed by atoms with van der Waals surface area (Å²) in [5, 5.41) is 19.0. The van der Waals surface area contributed by atoms with E-state index in [0.29, 0.717) is 11.2 Å². The third kappa shape index (κ3) is 3.24. The summed E-state index contributed by atoms with van der Waals surface area (Å²) >= 11 is 5.78. The molecule has 1 aromatic rings. The molecule has 0 amide bonds. The number of hydrogen-bond acceptors (Lipinski definition) is 5. The van der Waals surface area contributed by atoms with E-state index >= 15 is 0 Å². The van der Waals surface area contributed by atoms with Gasteiger partial charge in [0.25, 0.3) is 0 Å². The standard InChI is InChI=1S/C14H19BClNO4/c1-13(2)14(3,4)21-15(20-13)9(8-18)7-10-5-6-11(19)12(16)17-10/h5-7,18-19H,8H2,1-4H3. The van der Waals surface area contributed by atoms with Gasteiger partial charge in [-0.25, -0.2) is 4.98 Å². The van der Waals surface area contributed by atoms with Gasteiger partial charge in [0.2, 0.25) is 0 Å². The number of pyridine rings is 1. The van der Waals surface area contributed by atoms with Gasteiger partial charge in [-0.1, -0.05) is 11.6 Å². The highest BCUT2D eigenvalue weighted by Gasteiger charge is 2.52. The van der Waals surface area contributed by atoms with Gasteiger partial charge in [-0.05, 0) is 51.4 Å². The molecule has 1 fully saturated rings. The molecule has 1 aromatic heterocycles. The molecule has 5 nitrogen and oxygen atoms in total. The van der Waals surface area contributed by atoms with Crippen LogP contribution in [0.5, 0.6) is 5.75 Å². The van der Waals surface area contributed by atoms with Crippen LogP contribution in [0, 0.1) is 0 Å². The van der Waals surface area contributed by atoms with E-state index in [1.807, 2.05) is 27.7 Å². The monoisotopic (exact) mass is 311 g/mol. The molecule has 0 unspecified atom stereocenters. The Hall–Kier alpha value is -1.08.